The summed E-state index contributed by atoms with van der Waals surface area (Å²) in [4.78, 5) is 31.9. The van der Waals surface area contributed by atoms with Gasteiger partial charge in [-0.3, -0.25) is 9.59 Å². The van der Waals surface area contributed by atoms with Crippen LogP contribution in [-0.2, 0) is 9.59 Å². The number of carbonyl (C=O) groups excluding carboxylic acids is 2. The van der Waals surface area contributed by atoms with Crippen LogP contribution in [0.5, 0.6) is 5.75 Å². The monoisotopic (exact) mass is 469 g/mol. The normalized spacial score (nSPS) is 12.9. The lowest BCUT2D eigenvalue weighted by Gasteiger charge is -2.28. The molecule has 0 fully saturated rings. The van der Waals surface area contributed by atoms with Crippen molar-refractivity contribution >= 4 is 34.0 Å². The van der Waals surface area contributed by atoms with Gasteiger partial charge in [0.05, 0.1) is 17.3 Å². The number of likely N-dealkylation sites (N-methyl/N-ethyl adjacent to an activating group) is 1. The highest BCUT2D eigenvalue weighted by Gasteiger charge is 2.26. The van der Waals surface area contributed by atoms with E-state index in [-0.39, 0.29) is 18.4 Å². The van der Waals surface area contributed by atoms with Crippen molar-refractivity contribution in [2.24, 2.45) is 0 Å². The predicted molar refractivity (Wildman–Crippen MR) is 134 cm³/mol. The number of benzene rings is 3. The zero-order valence-corrected chi connectivity index (χ0v) is 19.4. The maximum Gasteiger partial charge on any atom is 0.265 e. The number of hydrogen-bond donors (Lipinski definition) is 1. The predicted octanol–water partition coefficient (Wildman–Crippen LogP) is 5.33. The molecule has 1 aliphatic rings. The number of nitrogens with one attached hydrogen (secondary N) is 1. The van der Waals surface area contributed by atoms with E-state index < -0.39 is 5.92 Å². The smallest absolute Gasteiger partial charge is 0.265 e. The highest BCUT2D eigenvalue weighted by molar-refractivity contribution is 7.14. The molecule has 6 nitrogen and oxygen atoms in total. The minimum atomic E-state index is -0.445. The van der Waals surface area contributed by atoms with Gasteiger partial charge in [0.15, 0.2) is 11.7 Å². The van der Waals surface area contributed by atoms with Crippen molar-refractivity contribution in [2.75, 3.05) is 23.4 Å². The first-order valence-corrected chi connectivity index (χ1v) is 12.0. The molecule has 0 atom stereocenters. The van der Waals surface area contributed by atoms with E-state index >= 15 is 0 Å². The average Bonchev–Trinajstić information content (AvgIpc) is 3.33. The molecule has 0 radical (unpaired) electrons. The van der Waals surface area contributed by atoms with E-state index in [0.717, 1.165) is 28.1 Å². The number of carbonyl (C=O) groups is 2. The largest absolute Gasteiger partial charge is 0.482 e. The second-order valence-electron chi connectivity index (χ2n) is 7.89. The number of thiazole rings is 1. The number of hydrogen-bond acceptors (Lipinski definition) is 5. The summed E-state index contributed by atoms with van der Waals surface area (Å²) < 4.78 is 5.56. The number of aromatic nitrogens is 1. The van der Waals surface area contributed by atoms with Crippen molar-refractivity contribution in [3.63, 3.8) is 0 Å². The molecule has 0 saturated heterocycles. The van der Waals surface area contributed by atoms with Gasteiger partial charge < -0.3 is 15.0 Å². The van der Waals surface area contributed by atoms with E-state index in [1.165, 1.54) is 11.3 Å². The molecule has 170 valence electrons. The van der Waals surface area contributed by atoms with Crippen LogP contribution in [0.25, 0.3) is 11.3 Å². The Labute approximate surface area is 201 Å². The van der Waals surface area contributed by atoms with Crippen molar-refractivity contribution in [3.05, 3.63) is 95.4 Å². The van der Waals surface area contributed by atoms with Gasteiger partial charge in [0.2, 0.25) is 5.91 Å². The molecule has 5 rings (SSSR count). The fourth-order valence-corrected chi connectivity index (χ4v) is 4.86. The lowest BCUT2D eigenvalue weighted by Crippen LogP contribution is -2.38. The van der Waals surface area contributed by atoms with Gasteiger partial charge in [-0.25, -0.2) is 4.98 Å². The minimum Gasteiger partial charge on any atom is -0.482 e. The SMILES string of the molecule is CCN1C(=O)COc2ccc(-c3csc(NC(=O)C(c4ccccc4)c4ccccc4)n3)cc21. The maximum absolute atomic E-state index is 13.4. The van der Waals surface area contributed by atoms with Gasteiger partial charge in [-0.1, -0.05) is 60.7 Å². The summed E-state index contributed by atoms with van der Waals surface area (Å²) in [6.45, 7) is 2.56. The first-order valence-electron chi connectivity index (χ1n) is 11.1. The van der Waals surface area contributed by atoms with Crippen molar-refractivity contribution < 1.29 is 14.3 Å². The van der Waals surface area contributed by atoms with Gasteiger partial charge >= 0.3 is 0 Å². The van der Waals surface area contributed by atoms with E-state index in [2.05, 4.69) is 10.3 Å². The molecular formula is C27H23N3O3S. The van der Waals surface area contributed by atoms with Gasteiger partial charge in [-0.15, -0.1) is 11.3 Å². The second kappa shape index (κ2) is 9.49. The first kappa shape index (κ1) is 21.9. The molecule has 7 heteroatoms. The first-order chi connectivity index (χ1) is 16.6. The standard InChI is InChI=1S/C27H23N3O3S/c1-2-30-22-15-20(13-14-23(22)33-16-24(30)31)21-17-34-27(28-21)29-26(32)25(18-9-5-3-6-10-18)19-11-7-4-8-12-19/h3-15,17,25H,2,16H2,1H3,(H,28,29,32). The van der Waals surface area contributed by atoms with Crippen LogP contribution < -0.4 is 15.0 Å². The summed E-state index contributed by atoms with van der Waals surface area (Å²) in [7, 11) is 0. The number of nitrogens with zero attached hydrogens (tertiary/aromatic N) is 2. The zero-order chi connectivity index (χ0) is 23.5. The maximum atomic E-state index is 13.4. The summed E-state index contributed by atoms with van der Waals surface area (Å²) >= 11 is 1.37. The van der Waals surface area contributed by atoms with Crippen molar-refractivity contribution in [2.45, 2.75) is 12.8 Å². The van der Waals surface area contributed by atoms with Crippen LogP contribution in [0.1, 0.15) is 24.0 Å². The lowest BCUT2D eigenvalue weighted by molar-refractivity contribution is -0.121. The van der Waals surface area contributed by atoms with E-state index in [0.29, 0.717) is 17.4 Å². The van der Waals surface area contributed by atoms with Crippen LogP contribution in [-0.4, -0.2) is 29.9 Å². The van der Waals surface area contributed by atoms with Crippen molar-refractivity contribution in [3.8, 4) is 17.0 Å². The fourth-order valence-electron chi connectivity index (χ4n) is 4.14. The fraction of sp³-hybridized carbons (Fsp3) is 0.148. The van der Waals surface area contributed by atoms with Crippen LogP contribution in [0.4, 0.5) is 10.8 Å². The van der Waals surface area contributed by atoms with Gasteiger partial charge in [0.1, 0.15) is 5.75 Å². The van der Waals surface area contributed by atoms with Crippen LogP contribution in [0.15, 0.2) is 84.2 Å². The van der Waals surface area contributed by atoms with Gasteiger partial charge in [-0.2, -0.15) is 0 Å². The molecular weight excluding hydrogens is 446 g/mol. The van der Waals surface area contributed by atoms with Crippen LogP contribution in [0.2, 0.25) is 0 Å². The minimum absolute atomic E-state index is 0.0526. The number of rotatable bonds is 6. The summed E-state index contributed by atoms with van der Waals surface area (Å²) in [5, 5.41) is 5.42. The van der Waals surface area contributed by atoms with Crippen molar-refractivity contribution in [1.82, 2.24) is 4.98 Å². The third-order valence-electron chi connectivity index (χ3n) is 5.78. The van der Waals surface area contributed by atoms with Gasteiger partial charge in [-0.05, 0) is 36.2 Å². The Balaban J connectivity index is 1.40. The molecule has 3 aromatic carbocycles. The molecule has 2 amide bonds. The topological polar surface area (TPSA) is 71.5 Å². The van der Waals surface area contributed by atoms with Crippen LogP contribution >= 0.6 is 11.3 Å². The molecule has 0 saturated carbocycles. The second-order valence-corrected chi connectivity index (χ2v) is 8.75. The molecule has 0 spiro atoms. The van der Waals surface area contributed by atoms with Gasteiger partial charge in [0, 0.05) is 17.5 Å². The Morgan fingerprint density at radius 1 is 1.06 bits per heavy atom. The summed E-state index contributed by atoms with van der Waals surface area (Å²) in [6.07, 6.45) is 0. The molecule has 1 aromatic heterocycles. The van der Waals surface area contributed by atoms with Crippen LogP contribution in [0.3, 0.4) is 0 Å². The number of ether oxygens (including phenoxy) is 1. The van der Waals surface area contributed by atoms with Gasteiger partial charge in [0.25, 0.3) is 5.91 Å². The molecule has 1 N–H and O–H groups in total. The number of anilines is 2. The molecule has 0 unspecified atom stereocenters. The average molecular weight is 470 g/mol. The Bertz CT molecular complexity index is 1280. The Morgan fingerprint density at radius 2 is 1.74 bits per heavy atom. The summed E-state index contributed by atoms with van der Waals surface area (Å²) in [5.74, 6) is 0.0356. The third-order valence-corrected chi connectivity index (χ3v) is 6.53. The number of amides is 2. The third kappa shape index (κ3) is 4.30. The molecule has 0 aliphatic carbocycles. The molecule has 0 bridgehead atoms. The van der Waals surface area contributed by atoms with Crippen molar-refractivity contribution in [1.29, 1.82) is 0 Å². The van der Waals surface area contributed by atoms with Crippen LogP contribution in [0, 0.1) is 0 Å². The number of fused-ring (bicyclic) bond motifs is 1. The highest BCUT2D eigenvalue weighted by Crippen LogP contribution is 2.37. The zero-order valence-electron chi connectivity index (χ0n) is 18.6. The molecule has 34 heavy (non-hydrogen) atoms. The summed E-state index contributed by atoms with van der Waals surface area (Å²) in [5.41, 5.74) is 4.16. The lowest BCUT2D eigenvalue weighted by atomic mass is 9.90. The van der Waals surface area contributed by atoms with E-state index in [1.807, 2.05) is 91.2 Å². The highest BCUT2D eigenvalue weighted by atomic mass is 32.1. The van der Waals surface area contributed by atoms with E-state index in [1.54, 1.807) is 4.90 Å². The van der Waals surface area contributed by atoms with E-state index in [9.17, 15) is 9.59 Å². The molecule has 4 aromatic rings. The Kier molecular flexibility index (Phi) is 6.10. The summed E-state index contributed by atoms with van der Waals surface area (Å²) in [6, 6.07) is 25.1. The molecule has 2 heterocycles. The Hall–Kier alpha value is -3.97. The quantitative estimate of drug-likeness (QED) is 0.415. The Morgan fingerprint density at radius 3 is 2.38 bits per heavy atom. The molecule has 1 aliphatic heterocycles. The van der Waals surface area contributed by atoms with E-state index in [4.69, 9.17) is 4.74 Å².